The molecule has 0 atom stereocenters. The number of likely N-dealkylation sites (N-methyl/N-ethyl adjacent to an activating group) is 1. The highest BCUT2D eigenvalue weighted by Crippen LogP contribution is 2.02. The van der Waals surface area contributed by atoms with Crippen molar-refractivity contribution < 1.29 is 24.2 Å². The molecule has 2 amide bonds. The number of carboxylic acids is 1. The Morgan fingerprint density at radius 3 is 2.35 bits per heavy atom. The molecule has 1 saturated heterocycles. The summed E-state index contributed by atoms with van der Waals surface area (Å²) in [4.78, 5) is 37.0. The molecule has 114 valence electrons. The van der Waals surface area contributed by atoms with E-state index in [0.29, 0.717) is 39.3 Å². The van der Waals surface area contributed by atoms with E-state index in [4.69, 9.17) is 9.84 Å². The van der Waals surface area contributed by atoms with Crippen molar-refractivity contribution in [3.8, 4) is 0 Å². The molecule has 0 aliphatic carbocycles. The van der Waals surface area contributed by atoms with Crippen LogP contribution in [0.25, 0.3) is 0 Å². The van der Waals surface area contributed by atoms with Gasteiger partial charge in [0.05, 0.1) is 6.54 Å². The van der Waals surface area contributed by atoms with Crippen molar-refractivity contribution >= 4 is 17.8 Å². The Morgan fingerprint density at radius 1 is 1.15 bits per heavy atom. The molecule has 20 heavy (non-hydrogen) atoms. The minimum absolute atomic E-state index is 0.0166. The van der Waals surface area contributed by atoms with Crippen LogP contribution in [0, 0.1) is 0 Å². The van der Waals surface area contributed by atoms with Crippen LogP contribution in [0.1, 0.15) is 6.92 Å². The number of nitrogens with one attached hydrogen (secondary N) is 1. The fourth-order valence-corrected chi connectivity index (χ4v) is 1.93. The quantitative estimate of drug-likeness (QED) is 0.583. The summed E-state index contributed by atoms with van der Waals surface area (Å²) in [7, 11) is 0. The Kier molecular flexibility index (Phi) is 6.96. The van der Waals surface area contributed by atoms with Crippen LogP contribution in [-0.2, 0) is 19.1 Å². The van der Waals surface area contributed by atoms with Crippen molar-refractivity contribution in [2.75, 3.05) is 52.5 Å². The molecule has 1 heterocycles. The van der Waals surface area contributed by atoms with Gasteiger partial charge in [-0.25, -0.2) is 4.79 Å². The first-order valence-corrected chi connectivity index (χ1v) is 6.59. The third-order valence-electron chi connectivity index (χ3n) is 2.92. The average Bonchev–Trinajstić information content (AvgIpc) is 2.39. The molecular weight excluding hydrogens is 266 g/mol. The van der Waals surface area contributed by atoms with E-state index in [1.807, 2.05) is 11.8 Å². The van der Waals surface area contributed by atoms with Crippen molar-refractivity contribution in [2.45, 2.75) is 6.92 Å². The summed E-state index contributed by atoms with van der Waals surface area (Å²) in [6.45, 7) is 4.42. The van der Waals surface area contributed by atoms with Crippen molar-refractivity contribution in [2.24, 2.45) is 0 Å². The molecule has 8 nitrogen and oxygen atoms in total. The summed E-state index contributed by atoms with van der Waals surface area (Å²) in [5.74, 6) is -1.33. The third kappa shape index (κ3) is 5.98. The summed E-state index contributed by atoms with van der Waals surface area (Å²) in [6.07, 6.45) is 0. The van der Waals surface area contributed by atoms with Gasteiger partial charge >= 0.3 is 5.97 Å². The van der Waals surface area contributed by atoms with Crippen LogP contribution in [-0.4, -0.2) is 85.2 Å². The van der Waals surface area contributed by atoms with Gasteiger partial charge in [0.1, 0.15) is 13.2 Å². The second-order valence-corrected chi connectivity index (χ2v) is 4.50. The summed E-state index contributed by atoms with van der Waals surface area (Å²) >= 11 is 0. The smallest absolute Gasteiger partial charge is 0.329 e. The number of carboxylic acid groups (broad SMARTS) is 1. The van der Waals surface area contributed by atoms with Gasteiger partial charge in [-0.2, -0.15) is 0 Å². The molecular formula is C12H21N3O5. The van der Waals surface area contributed by atoms with Gasteiger partial charge in [0.15, 0.2) is 0 Å². The van der Waals surface area contributed by atoms with E-state index >= 15 is 0 Å². The van der Waals surface area contributed by atoms with Crippen molar-refractivity contribution in [3.05, 3.63) is 0 Å². The Hall–Kier alpha value is -1.67. The number of carbonyl (C=O) groups is 3. The highest BCUT2D eigenvalue weighted by molar-refractivity contribution is 5.79. The predicted molar refractivity (Wildman–Crippen MR) is 70.2 cm³/mol. The van der Waals surface area contributed by atoms with Gasteiger partial charge in [-0.15, -0.1) is 0 Å². The van der Waals surface area contributed by atoms with E-state index in [2.05, 4.69) is 5.32 Å². The van der Waals surface area contributed by atoms with Crippen LogP contribution < -0.4 is 5.32 Å². The number of carbonyl (C=O) groups excluding carboxylic acids is 2. The molecule has 1 aliphatic rings. The minimum Gasteiger partial charge on any atom is -0.480 e. The SMILES string of the molecule is CCNC(=O)CN1CCN(C(=O)COCC(=O)O)CC1. The summed E-state index contributed by atoms with van der Waals surface area (Å²) in [6, 6.07) is 0. The lowest BCUT2D eigenvalue weighted by Gasteiger charge is -2.34. The predicted octanol–water partition coefficient (Wildman–Crippen LogP) is -1.63. The molecule has 0 aromatic heterocycles. The third-order valence-corrected chi connectivity index (χ3v) is 2.92. The molecule has 2 N–H and O–H groups in total. The molecule has 0 bridgehead atoms. The Bertz CT molecular complexity index is 353. The average molecular weight is 287 g/mol. The van der Waals surface area contributed by atoms with Gasteiger partial charge in [0.25, 0.3) is 0 Å². The van der Waals surface area contributed by atoms with Gasteiger partial charge in [0, 0.05) is 32.7 Å². The molecule has 1 rings (SSSR count). The van der Waals surface area contributed by atoms with Gasteiger partial charge < -0.3 is 20.1 Å². The normalized spacial score (nSPS) is 15.9. The van der Waals surface area contributed by atoms with Gasteiger partial charge in [0.2, 0.25) is 11.8 Å². The van der Waals surface area contributed by atoms with Crippen molar-refractivity contribution in [3.63, 3.8) is 0 Å². The Balaban J connectivity index is 2.22. The first kappa shape index (κ1) is 16.4. The number of hydrogen-bond acceptors (Lipinski definition) is 5. The number of ether oxygens (including phenoxy) is 1. The van der Waals surface area contributed by atoms with Gasteiger partial charge in [-0.3, -0.25) is 14.5 Å². The molecule has 1 aliphatic heterocycles. The first-order chi connectivity index (χ1) is 9.52. The lowest BCUT2D eigenvalue weighted by molar-refractivity contribution is -0.146. The number of amides is 2. The molecule has 0 unspecified atom stereocenters. The molecule has 0 spiro atoms. The topological polar surface area (TPSA) is 99.2 Å². The van der Waals surface area contributed by atoms with E-state index < -0.39 is 12.6 Å². The van der Waals surface area contributed by atoms with Crippen LogP contribution in [0.2, 0.25) is 0 Å². The van der Waals surface area contributed by atoms with Crippen molar-refractivity contribution in [1.82, 2.24) is 15.1 Å². The molecule has 0 saturated carbocycles. The molecule has 0 radical (unpaired) electrons. The molecule has 8 heteroatoms. The largest absolute Gasteiger partial charge is 0.480 e. The maximum atomic E-state index is 11.7. The molecule has 0 aromatic rings. The molecule has 1 fully saturated rings. The first-order valence-electron chi connectivity index (χ1n) is 6.59. The van der Waals surface area contributed by atoms with E-state index in [9.17, 15) is 14.4 Å². The minimum atomic E-state index is -1.09. The monoisotopic (exact) mass is 287 g/mol. The maximum Gasteiger partial charge on any atom is 0.329 e. The van der Waals surface area contributed by atoms with Crippen LogP contribution in [0.15, 0.2) is 0 Å². The lowest BCUT2D eigenvalue weighted by Crippen LogP contribution is -2.51. The fraction of sp³-hybridized carbons (Fsp3) is 0.750. The van der Waals surface area contributed by atoms with E-state index in [0.717, 1.165) is 0 Å². The standard InChI is InChI=1S/C12H21N3O5/c1-2-13-10(16)7-14-3-5-15(6-4-14)11(17)8-20-9-12(18)19/h2-9H2,1H3,(H,13,16)(H,18,19). The summed E-state index contributed by atoms with van der Waals surface area (Å²) < 4.78 is 4.76. The lowest BCUT2D eigenvalue weighted by atomic mass is 10.3. The van der Waals surface area contributed by atoms with Crippen LogP contribution in [0.5, 0.6) is 0 Å². The highest BCUT2D eigenvalue weighted by Gasteiger charge is 2.22. The summed E-state index contributed by atoms with van der Waals surface area (Å²) in [5, 5.41) is 11.1. The van der Waals surface area contributed by atoms with Crippen LogP contribution in [0.3, 0.4) is 0 Å². The van der Waals surface area contributed by atoms with E-state index in [1.165, 1.54) is 0 Å². The van der Waals surface area contributed by atoms with Crippen molar-refractivity contribution in [1.29, 1.82) is 0 Å². The number of piperazine rings is 1. The Labute approximate surface area is 117 Å². The van der Waals surface area contributed by atoms with Crippen LogP contribution >= 0.6 is 0 Å². The molecule has 0 aromatic carbocycles. The number of aliphatic carboxylic acids is 1. The van der Waals surface area contributed by atoms with E-state index in [1.54, 1.807) is 4.90 Å². The summed E-state index contributed by atoms with van der Waals surface area (Å²) in [5.41, 5.74) is 0. The van der Waals surface area contributed by atoms with Gasteiger partial charge in [-0.1, -0.05) is 0 Å². The zero-order chi connectivity index (χ0) is 15.0. The number of hydrogen-bond donors (Lipinski definition) is 2. The Morgan fingerprint density at radius 2 is 1.80 bits per heavy atom. The number of rotatable bonds is 7. The maximum absolute atomic E-state index is 11.7. The van der Waals surface area contributed by atoms with Crippen LogP contribution in [0.4, 0.5) is 0 Å². The highest BCUT2D eigenvalue weighted by atomic mass is 16.5. The zero-order valence-electron chi connectivity index (χ0n) is 11.6. The fourth-order valence-electron chi connectivity index (χ4n) is 1.93. The zero-order valence-corrected chi connectivity index (χ0v) is 11.6. The van der Waals surface area contributed by atoms with E-state index in [-0.39, 0.29) is 18.4 Å². The number of nitrogens with zero attached hydrogens (tertiary/aromatic N) is 2. The van der Waals surface area contributed by atoms with Gasteiger partial charge in [-0.05, 0) is 6.92 Å². The second-order valence-electron chi connectivity index (χ2n) is 4.50. The second kappa shape index (κ2) is 8.49.